The lowest BCUT2D eigenvalue weighted by Gasteiger charge is -2.28. The third-order valence-corrected chi connectivity index (χ3v) is 5.07. The molecule has 0 radical (unpaired) electrons. The first-order valence-electron chi connectivity index (χ1n) is 7.61. The number of benzene rings is 1. The maximum atomic E-state index is 11.4. The number of sulfonamides is 1. The van der Waals surface area contributed by atoms with E-state index in [0.29, 0.717) is 6.61 Å². The van der Waals surface area contributed by atoms with Gasteiger partial charge in [0.2, 0.25) is 10.0 Å². The molecular weight excluding hydrogens is 286 g/mol. The monoisotopic (exact) mass is 311 g/mol. The minimum atomic E-state index is -3.51. The molecule has 1 atom stereocenters. The van der Waals surface area contributed by atoms with E-state index in [9.17, 15) is 8.42 Å². The Bertz CT molecular complexity index is 522. The molecule has 1 aliphatic carbocycles. The van der Waals surface area contributed by atoms with Crippen LogP contribution >= 0.6 is 0 Å². The topological polar surface area (TPSA) is 69.4 Å². The Hall–Kier alpha value is -0.910. The number of nitrogens with two attached hydrogens (primary N) is 1. The van der Waals surface area contributed by atoms with Crippen molar-refractivity contribution >= 4 is 10.0 Å². The first kappa shape index (κ1) is 16.5. The molecule has 1 unspecified atom stereocenters. The second kappa shape index (κ2) is 7.38. The summed E-state index contributed by atoms with van der Waals surface area (Å²) >= 11 is 0. The highest BCUT2D eigenvalue weighted by Gasteiger charge is 2.23. The molecule has 1 aliphatic rings. The lowest BCUT2D eigenvalue weighted by atomic mass is 9.89. The van der Waals surface area contributed by atoms with Crippen molar-refractivity contribution in [3.8, 4) is 0 Å². The molecule has 0 bridgehead atoms. The minimum absolute atomic E-state index is 0.0693. The van der Waals surface area contributed by atoms with E-state index in [-0.39, 0.29) is 17.8 Å². The van der Waals surface area contributed by atoms with Gasteiger partial charge in [0.25, 0.3) is 0 Å². The van der Waals surface area contributed by atoms with Gasteiger partial charge in [0.15, 0.2) is 0 Å². The van der Waals surface area contributed by atoms with E-state index in [0.717, 1.165) is 24.3 Å². The van der Waals surface area contributed by atoms with Gasteiger partial charge in [-0.1, -0.05) is 37.3 Å². The van der Waals surface area contributed by atoms with Gasteiger partial charge in [-0.05, 0) is 37.2 Å². The summed E-state index contributed by atoms with van der Waals surface area (Å²) in [6, 6.07) is 9.60. The number of rotatable bonds is 6. The number of ether oxygens (including phenoxy) is 1. The van der Waals surface area contributed by atoms with E-state index < -0.39 is 10.0 Å². The molecule has 0 aromatic heterocycles. The van der Waals surface area contributed by atoms with E-state index in [2.05, 4.69) is 6.92 Å². The van der Waals surface area contributed by atoms with Gasteiger partial charge < -0.3 is 4.74 Å². The predicted octanol–water partition coefficient (Wildman–Crippen LogP) is 2.65. The summed E-state index contributed by atoms with van der Waals surface area (Å²) in [5.74, 6) is 0.514. The van der Waals surface area contributed by atoms with E-state index in [1.807, 2.05) is 30.3 Å². The standard InChI is InChI=1S/C16H25NO3S/c1-13-7-9-16(10-8-13)20-11-15(12-21(17,18)19)14-5-3-2-4-6-14/h2-6,13,15-16H,7-12H2,1H3,(H2,17,18,19). The van der Waals surface area contributed by atoms with Gasteiger partial charge in [-0.3, -0.25) is 0 Å². The van der Waals surface area contributed by atoms with Gasteiger partial charge in [0.1, 0.15) is 0 Å². The molecule has 118 valence electrons. The van der Waals surface area contributed by atoms with E-state index >= 15 is 0 Å². The molecule has 21 heavy (non-hydrogen) atoms. The fraction of sp³-hybridized carbons (Fsp3) is 0.625. The third kappa shape index (κ3) is 5.77. The van der Waals surface area contributed by atoms with Crippen molar-refractivity contribution in [2.24, 2.45) is 11.1 Å². The molecule has 0 amide bonds. The molecule has 1 fully saturated rings. The largest absolute Gasteiger partial charge is 0.378 e. The van der Waals surface area contributed by atoms with Crippen LogP contribution in [0.3, 0.4) is 0 Å². The molecule has 2 rings (SSSR count). The van der Waals surface area contributed by atoms with Gasteiger partial charge in [0.05, 0.1) is 18.5 Å². The molecular formula is C16H25NO3S. The van der Waals surface area contributed by atoms with Crippen LogP contribution in [0, 0.1) is 5.92 Å². The van der Waals surface area contributed by atoms with Crippen molar-refractivity contribution in [1.29, 1.82) is 0 Å². The zero-order chi connectivity index (χ0) is 15.3. The summed E-state index contributed by atoms with van der Waals surface area (Å²) < 4.78 is 28.8. The number of hydrogen-bond donors (Lipinski definition) is 1. The maximum Gasteiger partial charge on any atom is 0.209 e. The smallest absolute Gasteiger partial charge is 0.209 e. The zero-order valence-corrected chi connectivity index (χ0v) is 13.4. The summed E-state index contributed by atoms with van der Waals surface area (Å²) in [6.07, 6.45) is 4.77. The van der Waals surface area contributed by atoms with Crippen LogP contribution in [0.2, 0.25) is 0 Å². The van der Waals surface area contributed by atoms with Crippen LogP contribution in [0.1, 0.15) is 44.1 Å². The van der Waals surface area contributed by atoms with Crippen molar-refractivity contribution in [2.75, 3.05) is 12.4 Å². The van der Waals surface area contributed by atoms with Gasteiger partial charge >= 0.3 is 0 Å². The summed E-state index contributed by atoms with van der Waals surface area (Å²) in [7, 11) is -3.51. The van der Waals surface area contributed by atoms with E-state index in [1.54, 1.807) is 0 Å². The van der Waals surface area contributed by atoms with Crippen LogP contribution < -0.4 is 5.14 Å². The second-order valence-corrected chi connectivity index (χ2v) is 7.81. The summed E-state index contributed by atoms with van der Waals surface area (Å²) in [6.45, 7) is 2.68. The SMILES string of the molecule is CC1CCC(OCC(CS(N)(=O)=O)c2ccccc2)CC1. The average Bonchev–Trinajstić information content (AvgIpc) is 2.45. The molecule has 5 heteroatoms. The number of primary sulfonamides is 1. The Labute approximate surface area is 127 Å². The Morgan fingerprint density at radius 3 is 2.38 bits per heavy atom. The van der Waals surface area contributed by atoms with E-state index in [4.69, 9.17) is 9.88 Å². The summed E-state index contributed by atoms with van der Waals surface area (Å²) in [5.41, 5.74) is 0.968. The third-order valence-electron chi connectivity index (χ3n) is 4.20. The van der Waals surface area contributed by atoms with Crippen molar-refractivity contribution in [1.82, 2.24) is 0 Å². The molecule has 4 nitrogen and oxygen atoms in total. The van der Waals surface area contributed by atoms with Crippen LogP contribution in [0.4, 0.5) is 0 Å². The van der Waals surface area contributed by atoms with Gasteiger partial charge in [-0.25, -0.2) is 13.6 Å². The minimum Gasteiger partial charge on any atom is -0.378 e. The zero-order valence-electron chi connectivity index (χ0n) is 12.6. The lowest BCUT2D eigenvalue weighted by molar-refractivity contribution is 0.0142. The normalized spacial score (nSPS) is 24.7. The Balaban J connectivity index is 1.96. The highest BCUT2D eigenvalue weighted by atomic mass is 32.2. The van der Waals surface area contributed by atoms with Crippen molar-refractivity contribution in [3.63, 3.8) is 0 Å². The van der Waals surface area contributed by atoms with Crippen LogP contribution in [0.5, 0.6) is 0 Å². The quantitative estimate of drug-likeness (QED) is 0.878. The van der Waals surface area contributed by atoms with Crippen molar-refractivity contribution in [3.05, 3.63) is 35.9 Å². The lowest BCUT2D eigenvalue weighted by Crippen LogP contribution is -2.28. The molecule has 1 saturated carbocycles. The summed E-state index contributed by atoms with van der Waals surface area (Å²) in [4.78, 5) is 0. The molecule has 2 N–H and O–H groups in total. The first-order valence-corrected chi connectivity index (χ1v) is 9.32. The van der Waals surface area contributed by atoms with Gasteiger partial charge in [0, 0.05) is 5.92 Å². The van der Waals surface area contributed by atoms with Crippen LogP contribution in [-0.4, -0.2) is 26.9 Å². The highest BCUT2D eigenvalue weighted by molar-refractivity contribution is 7.89. The molecule has 0 heterocycles. The second-order valence-electron chi connectivity index (χ2n) is 6.15. The Morgan fingerprint density at radius 2 is 1.81 bits per heavy atom. The first-order chi connectivity index (χ1) is 9.94. The predicted molar refractivity (Wildman–Crippen MR) is 84.5 cm³/mol. The van der Waals surface area contributed by atoms with Crippen molar-refractivity contribution in [2.45, 2.75) is 44.6 Å². The van der Waals surface area contributed by atoms with Crippen molar-refractivity contribution < 1.29 is 13.2 Å². The maximum absolute atomic E-state index is 11.4. The average molecular weight is 311 g/mol. The van der Waals surface area contributed by atoms with Gasteiger partial charge in [-0.15, -0.1) is 0 Å². The Morgan fingerprint density at radius 1 is 1.19 bits per heavy atom. The van der Waals surface area contributed by atoms with Crippen LogP contribution in [0.25, 0.3) is 0 Å². The summed E-state index contributed by atoms with van der Waals surface area (Å²) in [5, 5.41) is 5.22. The molecule has 0 aliphatic heterocycles. The fourth-order valence-corrected chi connectivity index (χ4v) is 3.74. The Kier molecular flexibility index (Phi) is 5.79. The molecule has 0 spiro atoms. The van der Waals surface area contributed by atoms with Crippen LogP contribution in [0.15, 0.2) is 30.3 Å². The molecule has 1 aromatic rings. The fourth-order valence-electron chi connectivity index (χ4n) is 2.89. The van der Waals surface area contributed by atoms with E-state index in [1.165, 1.54) is 12.8 Å². The molecule has 1 aromatic carbocycles. The van der Waals surface area contributed by atoms with Crippen LogP contribution in [-0.2, 0) is 14.8 Å². The highest BCUT2D eigenvalue weighted by Crippen LogP contribution is 2.27. The molecule has 0 saturated heterocycles. The van der Waals surface area contributed by atoms with Gasteiger partial charge in [-0.2, -0.15) is 0 Å². The number of hydrogen-bond acceptors (Lipinski definition) is 3.